The SMILES string of the molecule is Cc1cc(Nc2nc(Sc3ccc(N(N)C(=O)c4nc(C)oc4C(F)(F)F)cc3)nn3cccc23)n[nH]1. The molecule has 11 nitrogen and oxygen atoms in total. The Bertz CT molecular complexity index is 1590. The fraction of sp³-hybridized carbons (Fsp3) is 0.136. The van der Waals surface area contributed by atoms with Crippen LogP contribution >= 0.6 is 11.8 Å². The summed E-state index contributed by atoms with van der Waals surface area (Å²) in [5.74, 6) is 4.02. The second kappa shape index (κ2) is 9.25. The molecule has 4 aromatic heterocycles. The molecule has 15 heteroatoms. The number of nitrogens with one attached hydrogen (secondary N) is 2. The van der Waals surface area contributed by atoms with Gasteiger partial charge in [0.1, 0.15) is 5.52 Å². The number of benzene rings is 1. The van der Waals surface area contributed by atoms with Crippen molar-refractivity contribution in [1.29, 1.82) is 0 Å². The lowest BCUT2D eigenvalue weighted by Crippen LogP contribution is -2.38. The summed E-state index contributed by atoms with van der Waals surface area (Å²) < 4.78 is 45.9. The zero-order chi connectivity index (χ0) is 26.3. The molecule has 0 fully saturated rings. The average molecular weight is 530 g/mol. The van der Waals surface area contributed by atoms with Crippen molar-refractivity contribution in [2.24, 2.45) is 5.84 Å². The van der Waals surface area contributed by atoms with Gasteiger partial charge in [-0.05, 0) is 55.1 Å². The molecule has 37 heavy (non-hydrogen) atoms. The Morgan fingerprint density at radius 2 is 1.95 bits per heavy atom. The highest BCUT2D eigenvalue weighted by atomic mass is 32.2. The van der Waals surface area contributed by atoms with Gasteiger partial charge in [0.2, 0.25) is 10.9 Å². The number of aryl methyl sites for hydroxylation is 2. The third kappa shape index (κ3) is 4.99. The summed E-state index contributed by atoms with van der Waals surface area (Å²) in [6.07, 6.45) is -3.11. The second-order valence-corrected chi connectivity index (χ2v) is 8.86. The van der Waals surface area contributed by atoms with E-state index < -0.39 is 23.5 Å². The van der Waals surface area contributed by atoms with Crippen molar-refractivity contribution in [3.05, 3.63) is 71.7 Å². The predicted molar refractivity (Wildman–Crippen MR) is 127 cm³/mol. The number of carbonyl (C=O) groups excluding carboxylic acids is 1. The monoisotopic (exact) mass is 529 g/mol. The molecule has 190 valence electrons. The van der Waals surface area contributed by atoms with Crippen LogP contribution in [0.1, 0.15) is 27.8 Å². The molecule has 0 atom stereocenters. The topological polar surface area (TPSA) is 143 Å². The van der Waals surface area contributed by atoms with Gasteiger partial charge < -0.3 is 9.73 Å². The third-order valence-corrected chi connectivity index (χ3v) is 5.92. The summed E-state index contributed by atoms with van der Waals surface area (Å²) in [4.78, 5) is 21.5. The molecule has 0 saturated carbocycles. The number of aromatic amines is 1. The molecule has 1 aromatic carbocycles. The Hall–Kier alpha value is -4.37. The van der Waals surface area contributed by atoms with Crippen LogP contribution in [0.15, 0.2) is 63.1 Å². The Labute approximate surface area is 210 Å². The lowest BCUT2D eigenvalue weighted by molar-refractivity contribution is -0.153. The van der Waals surface area contributed by atoms with E-state index in [9.17, 15) is 18.0 Å². The summed E-state index contributed by atoms with van der Waals surface area (Å²) in [6, 6.07) is 11.8. The van der Waals surface area contributed by atoms with Crippen LogP contribution < -0.4 is 16.2 Å². The van der Waals surface area contributed by atoms with Crippen LogP contribution in [0.4, 0.5) is 30.5 Å². The normalized spacial score (nSPS) is 11.7. The number of H-pyrrole nitrogens is 1. The fourth-order valence-electron chi connectivity index (χ4n) is 3.43. The number of hydrogen-bond acceptors (Lipinski definition) is 9. The van der Waals surface area contributed by atoms with Crippen molar-refractivity contribution in [3.63, 3.8) is 0 Å². The number of carbonyl (C=O) groups is 1. The maximum absolute atomic E-state index is 13.2. The van der Waals surface area contributed by atoms with Gasteiger partial charge >= 0.3 is 6.18 Å². The molecule has 1 amide bonds. The first-order valence-electron chi connectivity index (χ1n) is 10.6. The number of halogens is 3. The first-order chi connectivity index (χ1) is 17.6. The number of fused-ring (bicyclic) bond motifs is 1. The minimum atomic E-state index is -4.89. The van der Waals surface area contributed by atoms with Crippen LogP contribution in [0.25, 0.3) is 5.52 Å². The number of alkyl halides is 3. The van der Waals surface area contributed by atoms with Gasteiger partial charge in [-0.25, -0.2) is 25.3 Å². The third-order valence-electron chi connectivity index (χ3n) is 5.06. The maximum Gasteiger partial charge on any atom is 0.452 e. The summed E-state index contributed by atoms with van der Waals surface area (Å²) in [7, 11) is 0. The number of anilines is 3. The quantitative estimate of drug-likeness (QED) is 0.165. The van der Waals surface area contributed by atoms with Crippen LogP contribution in [-0.2, 0) is 6.18 Å². The zero-order valence-electron chi connectivity index (χ0n) is 19.2. The molecule has 4 N–H and O–H groups in total. The van der Waals surface area contributed by atoms with E-state index in [0.717, 1.165) is 11.2 Å². The molecule has 0 aliphatic carbocycles. The number of nitrogens with zero attached hydrogens (tertiary/aromatic N) is 6. The van der Waals surface area contributed by atoms with E-state index in [1.165, 1.54) is 30.8 Å². The van der Waals surface area contributed by atoms with Crippen molar-refractivity contribution in [2.75, 3.05) is 10.3 Å². The zero-order valence-corrected chi connectivity index (χ0v) is 20.1. The van der Waals surface area contributed by atoms with E-state index in [4.69, 9.17) is 5.84 Å². The standard InChI is InChI=1S/C22H18F3N9O2S/c1-11-10-16(31-30-11)28-19-15-4-3-9-33(15)32-21(29-19)37-14-7-5-13(6-8-14)34(26)20(35)17-18(22(23,24)25)36-12(2)27-17/h3-10H,26H2,1-2H3,(H2,28,29,30,31,32). The van der Waals surface area contributed by atoms with E-state index in [-0.39, 0.29) is 11.6 Å². The van der Waals surface area contributed by atoms with Crippen LogP contribution in [-0.4, -0.2) is 35.7 Å². The van der Waals surface area contributed by atoms with Crippen molar-refractivity contribution < 1.29 is 22.4 Å². The van der Waals surface area contributed by atoms with Gasteiger partial charge in [-0.3, -0.25) is 9.89 Å². The largest absolute Gasteiger partial charge is 0.452 e. The highest BCUT2D eigenvalue weighted by molar-refractivity contribution is 7.99. The highest BCUT2D eigenvalue weighted by Gasteiger charge is 2.42. The van der Waals surface area contributed by atoms with Crippen LogP contribution in [0.3, 0.4) is 0 Å². The molecular formula is C22H18F3N9O2S. The molecule has 0 unspecified atom stereocenters. The molecule has 4 heterocycles. The van der Waals surface area contributed by atoms with E-state index in [2.05, 4.69) is 35.0 Å². The fourth-order valence-corrected chi connectivity index (χ4v) is 4.18. The number of hydrogen-bond donors (Lipinski definition) is 3. The molecule has 0 saturated heterocycles. The second-order valence-electron chi connectivity index (χ2n) is 7.82. The van der Waals surface area contributed by atoms with Gasteiger partial charge in [0, 0.05) is 29.8 Å². The van der Waals surface area contributed by atoms with Gasteiger partial charge in [0.05, 0.1) is 5.69 Å². The molecule has 0 aliphatic heterocycles. The maximum atomic E-state index is 13.2. The molecule has 0 aliphatic rings. The first kappa shape index (κ1) is 24.3. The molecular weight excluding hydrogens is 511 g/mol. The Kier molecular flexibility index (Phi) is 6.08. The number of amides is 1. The molecule has 0 bridgehead atoms. The van der Waals surface area contributed by atoms with Crippen molar-refractivity contribution >= 4 is 40.5 Å². The van der Waals surface area contributed by atoms with Gasteiger partial charge in [0.25, 0.3) is 5.91 Å². The lowest BCUT2D eigenvalue weighted by Gasteiger charge is -2.16. The van der Waals surface area contributed by atoms with Crippen molar-refractivity contribution in [1.82, 2.24) is 29.8 Å². The van der Waals surface area contributed by atoms with Crippen LogP contribution in [0, 0.1) is 13.8 Å². The highest BCUT2D eigenvalue weighted by Crippen LogP contribution is 2.34. The summed E-state index contributed by atoms with van der Waals surface area (Å²) in [5, 5.41) is 15.7. The number of nitrogens with two attached hydrogens (primary N) is 1. The van der Waals surface area contributed by atoms with Crippen LogP contribution in [0.5, 0.6) is 0 Å². The molecule has 5 aromatic rings. The molecule has 0 radical (unpaired) electrons. The van der Waals surface area contributed by atoms with Gasteiger partial charge in [0.15, 0.2) is 23.2 Å². The van der Waals surface area contributed by atoms with Gasteiger partial charge in [-0.2, -0.15) is 18.3 Å². The Morgan fingerprint density at radius 3 is 2.62 bits per heavy atom. The summed E-state index contributed by atoms with van der Waals surface area (Å²) in [6.45, 7) is 3.09. The average Bonchev–Trinajstić information content (AvgIpc) is 3.58. The lowest BCUT2D eigenvalue weighted by atomic mass is 10.2. The summed E-state index contributed by atoms with van der Waals surface area (Å²) >= 11 is 1.24. The Balaban J connectivity index is 1.36. The molecule has 0 spiro atoms. The van der Waals surface area contributed by atoms with Crippen molar-refractivity contribution in [2.45, 2.75) is 30.1 Å². The molecule has 5 rings (SSSR count). The van der Waals surface area contributed by atoms with E-state index in [0.29, 0.717) is 26.7 Å². The predicted octanol–water partition coefficient (Wildman–Crippen LogP) is 4.49. The van der Waals surface area contributed by atoms with E-state index in [1.54, 1.807) is 22.8 Å². The van der Waals surface area contributed by atoms with Gasteiger partial charge in [-0.1, -0.05) is 0 Å². The van der Waals surface area contributed by atoms with E-state index >= 15 is 0 Å². The number of rotatable bonds is 6. The Morgan fingerprint density at radius 1 is 1.19 bits per heavy atom. The van der Waals surface area contributed by atoms with E-state index in [1.807, 2.05) is 25.1 Å². The number of oxazole rings is 1. The number of hydrazine groups is 1. The number of aromatic nitrogens is 6. The smallest absolute Gasteiger partial charge is 0.436 e. The summed E-state index contributed by atoms with van der Waals surface area (Å²) in [5.41, 5.74) is 0.880. The van der Waals surface area contributed by atoms with Crippen LogP contribution in [0.2, 0.25) is 0 Å². The minimum absolute atomic E-state index is 0.154. The van der Waals surface area contributed by atoms with Crippen molar-refractivity contribution in [3.8, 4) is 0 Å². The minimum Gasteiger partial charge on any atom is -0.436 e. The first-order valence-corrected chi connectivity index (χ1v) is 11.5. The van der Waals surface area contributed by atoms with Gasteiger partial charge in [-0.15, -0.1) is 5.10 Å².